The van der Waals surface area contributed by atoms with Gasteiger partial charge in [-0.15, -0.1) is 0 Å². The van der Waals surface area contributed by atoms with Gasteiger partial charge in [0, 0.05) is 0 Å². The molecule has 110 valence electrons. The van der Waals surface area contributed by atoms with Gasteiger partial charge < -0.3 is 4.74 Å². The second kappa shape index (κ2) is 6.59. The van der Waals surface area contributed by atoms with Gasteiger partial charge in [-0.3, -0.25) is 10.1 Å². The molecule has 0 radical (unpaired) electrons. The van der Waals surface area contributed by atoms with Gasteiger partial charge in [0.1, 0.15) is 10.8 Å². The molecular weight excluding hydrogens is 290 g/mol. The fourth-order valence-electron chi connectivity index (χ4n) is 1.98. The Morgan fingerprint density at radius 1 is 1.24 bits per heavy atom. The van der Waals surface area contributed by atoms with E-state index >= 15 is 0 Å². The van der Waals surface area contributed by atoms with Crippen LogP contribution in [0.4, 0.5) is 5.69 Å². The third-order valence-electron chi connectivity index (χ3n) is 3.42. The predicted molar refractivity (Wildman–Crippen MR) is 83.3 cm³/mol. The number of hydrogen-bond donors (Lipinski definition) is 0. The number of nitro groups is 1. The lowest BCUT2D eigenvalue weighted by molar-refractivity contribution is -0.385. The SMILES string of the molecule is CCC(C)c1ccc(Oc2cccc(Cl)c2[N+](=O)[O-])cc1. The highest BCUT2D eigenvalue weighted by molar-refractivity contribution is 6.32. The molecule has 1 unspecified atom stereocenters. The zero-order valence-corrected chi connectivity index (χ0v) is 12.6. The summed E-state index contributed by atoms with van der Waals surface area (Å²) in [5.41, 5.74) is 0.996. The number of para-hydroxylation sites is 1. The van der Waals surface area contributed by atoms with E-state index in [-0.39, 0.29) is 16.5 Å². The largest absolute Gasteiger partial charge is 0.450 e. The third kappa shape index (κ3) is 3.52. The van der Waals surface area contributed by atoms with Crippen molar-refractivity contribution in [2.75, 3.05) is 0 Å². The van der Waals surface area contributed by atoms with Gasteiger partial charge in [0.2, 0.25) is 5.75 Å². The van der Waals surface area contributed by atoms with Crippen molar-refractivity contribution in [1.29, 1.82) is 0 Å². The monoisotopic (exact) mass is 305 g/mol. The molecule has 0 amide bonds. The fourth-order valence-corrected chi connectivity index (χ4v) is 2.22. The highest BCUT2D eigenvalue weighted by atomic mass is 35.5. The van der Waals surface area contributed by atoms with Gasteiger partial charge in [0.15, 0.2) is 0 Å². The Hall–Kier alpha value is -2.07. The van der Waals surface area contributed by atoms with Gasteiger partial charge in [0.25, 0.3) is 0 Å². The first-order chi connectivity index (χ1) is 10.0. The summed E-state index contributed by atoms with van der Waals surface area (Å²) in [7, 11) is 0. The van der Waals surface area contributed by atoms with Gasteiger partial charge in [-0.2, -0.15) is 0 Å². The van der Waals surface area contributed by atoms with Crippen molar-refractivity contribution in [3.63, 3.8) is 0 Å². The van der Waals surface area contributed by atoms with Crippen molar-refractivity contribution in [1.82, 2.24) is 0 Å². The van der Waals surface area contributed by atoms with Crippen LogP contribution in [0.3, 0.4) is 0 Å². The van der Waals surface area contributed by atoms with E-state index in [4.69, 9.17) is 16.3 Å². The summed E-state index contributed by atoms with van der Waals surface area (Å²) in [5.74, 6) is 1.16. The summed E-state index contributed by atoms with van der Waals surface area (Å²) in [4.78, 5) is 10.5. The average Bonchev–Trinajstić information content (AvgIpc) is 2.47. The van der Waals surface area contributed by atoms with Crippen LogP contribution < -0.4 is 4.74 Å². The van der Waals surface area contributed by atoms with Gasteiger partial charge in [-0.05, 0) is 42.2 Å². The van der Waals surface area contributed by atoms with Crippen molar-refractivity contribution in [3.05, 3.63) is 63.2 Å². The average molecular weight is 306 g/mol. The van der Waals surface area contributed by atoms with E-state index in [2.05, 4.69) is 13.8 Å². The first kappa shape index (κ1) is 15.3. The third-order valence-corrected chi connectivity index (χ3v) is 3.73. The van der Waals surface area contributed by atoms with Crippen molar-refractivity contribution >= 4 is 17.3 Å². The number of ether oxygens (including phenoxy) is 1. The number of benzene rings is 2. The zero-order chi connectivity index (χ0) is 15.4. The van der Waals surface area contributed by atoms with Crippen molar-refractivity contribution in [3.8, 4) is 11.5 Å². The molecule has 0 heterocycles. The maximum absolute atomic E-state index is 11.1. The number of nitrogens with zero attached hydrogens (tertiary/aromatic N) is 1. The highest BCUT2D eigenvalue weighted by Crippen LogP contribution is 2.37. The molecule has 0 aliphatic heterocycles. The Balaban J connectivity index is 2.27. The van der Waals surface area contributed by atoms with Crippen molar-refractivity contribution in [2.45, 2.75) is 26.2 Å². The lowest BCUT2D eigenvalue weighted by Crippen LogP contribution is -1.95. The Labute approximate surface area is 128 Å². The molecule has 0 N–H and O–H groups in total. The lowest BCUT2D eigenvalue weighted by atomic mass is 9.99. The van der Waals surface area contributed by atoms with E-state index in [9.17, 15) is 10.1 Å². The molecule has 2 rings (SSSR count). The zero-order valence-electron chi connectivity index (χ0n) is 11.9. The second-order valence-corrected chi connectivity index (χ2v) is 5.23. The molecular formula is C16H16ClNO3. The Bertz CT molecular complexity index is 640. The van der Waals surface area contributed by atoms with Crippen LogP contribution in [-0.4, -0.2) is 4.92 Å². The molecule has 0 fully saturated rings. The van der Waals surface area contributed by atoms with E-state index in [1.54, 1.807) is 6.07 Å². The molecule has 0 aromatic heterocycles. The standard InChI is InChI=1S/C16H16ClNO3/c1-3-11(2)12-7-9-13(10-8-12)21-15-6-4-5-14(17)16(15)18(19)20/h4-11H,3H2,1-2H3. The van der Waals surface area contributed by atoms with E-state index in [0.29, 0.717) is 11.7 Å². The maximum Gasteiger partial charge on any atom is 0.329 e. The van der Waals surface area contributed by atoms with E-state index in [1.807, 2.05) is 24.3 Å². The molecule has 2 aromatic rings. The predicted octanol–water partition coefficient (Wildman–Crippen LogP) is 5.55. The summed E-state index contributed by atoms with van der Waals surface area (Å²) < 4.78 is 5.59. The van der Waals surface area contributed by atoms with Crippen LogP contribution in [0.5, 0.6) is 11.5 Å². The number of nitro benzene ring substituents is 1. The molecule has 0 spiro atoms. The van der Waals surface area contributed by atoms with Crippen molar-refractivity contribution in [2.24, 2.45) is 0 Å². The molecule has 0 bridgehead atoms. The Morgan fingerprint density at radius 2 is 1.90 bits per heavy atom. The number of rotatable bonds is 5. The molecule has 0 saturated heterocycles. The number of halogens is 1. The minimum absolute atomic E-state index is 0.0636. The summed E-state index contributed by atoms with van der Waals surface area (Å²) in [6.45, 7) is 4.28. The molecule has 5 heteroatoms. The minimum Gasteiger partial charge on any atom is -0.450 e. The van der Waals surface area contributed by atoms with Crippen LogP contribution in [-0.2, 0) is 0 Å². The maximum atomic E-state index is 11.1. The molecule has 2 aromatic carbocycles. The van der Waals surface area contributed by atoms with Gasteiger partial charge in [0.05, 0.1) is 4.92 Å². The van der Waals surface area contributed by atoms with Crippen LogP contribution in [0.25, 0.3) is 0 Å². The normalized spacial score (nSPS) is 12.0. The van der Waals surface area contributed by atoms with Crippen LogP contribution in [0, 0.1) is 10.1 Å². The van der Waals surface area contributed by atoms with E-state index < -0.39 is 4.92 Å². The molecule has 1 atom stereocenters. The molecule has 0 aliphatic carbocycles. The van der Waals surface area contributed by atoms with Crippen LogP contribution in [0.2, 0.25) is 5.02 Å². The van der Waals surface area contributed by atoms with Crippen LogP contribution >= 0.6 is 11.6 Å². The van der Waals surface area contributed by atoms with Gasteiger partial charge in [-0.25, -0.2) is 0 Å². The smallest absolute Gasteiger partial charge is 0.329 e. The van der Waals surface area contributed by atoms with Gasteiger partial charge >= 0.3 is 5.69 Å². The Kier molecular flexibility index (Phi) is 4.81. The van der Waals surface area contributed by atoms with Crippen molar-refractivity contribution < 1.29 is 9.66 Å². The minimum atomic E-state index is -0.537. The summed E-state index contributed by atoms with van der Waals surface area (Å²) >= 11 is 5.85. The molecule has 0 aliphatic rings. The van der Waals surface area contributed by atoms with E-state index in [0.717, 1.165) is 6.42 Å². The summed E-state index contributed by atoms with van der Waals surface area (Å²) in [5, 5.41) is 11.1. The second-order valence-electron chi connectivity index (χ2n) is 4.82. The summed E-state index contributed by atoms with van der Waals surface area (Å²) in [6, 6.07) is 12.2. The summed E-state index contributed by atoms with van der Waals surface area (Å²) in [6.07, 6.45) is 1.06. The van der Waals surface area contributed by atoms with E-state index in [1.165, 1.54) is 17.7 Å². The first-order valence-corrected chi connectivity index (χ1v) is 7.11. The highest BCUT2D eigenvalue weighted by Gasteiger charge is 2.20. The first-order valence-electron chi connectivity index (χ1n) is 6.73. The van der Waals surface area contributed by atoms with Crippen LogP contribution in [0.1, 0.15) is 31.7 Å². The molecule has 4 nitrogen and oxygen atoms in total. The van der Waals surface area contributed by atoms with Crippen LogP contribution in [0.15, 0.2) is 42.5 Å². The van der Waals surface area contributed by atoms with Gasteiger partial charge in [-0.1, -0.05) is 43.6 Å². The molecule has 21 heavy (non-hydrogen) atoms. The lowest BCUT2D eigenvalue weighted by Gasteiger charge is -2.11. The Morgan fingerprint density at radius 3 is 2.48 bits per heavy atom. The topological polar surface area (TPSA) is 52.4 Å². The molecule has 0 saturated carbocycles. The number of hydrogen-bond acceptors (Lipinski definition) is 3. The fraction of sp³-hybridized carbons (Fsp3) is 0.250. The quantitative estimate of drug-likeness (QED) is 0.537.